The van der Waals surface area contributed by atoms with Crippen molar-refractivity contribution >= 4 is 5.69 Å². The van der Waals surface area contributed by atoms with Gasteiger partial charge in [0.15, 0.2) is 5.82 Å². The van der Waals surface area contributed by atoms with E-state index in [1.54, 1.807) is 0 Å². The Morgan fingerprint density at radius 2 is 2.10 bits per heavy atom. The first-order chi connectivity index (χ1) is 9.81. The van der Waals surface area contributed by atoms with Gasteiger partial charge in [0.25, 0.3) is 0 Å². The van der Waals surface area contributed by atoms with Crippen LogP contribution in [0.5, 0.6) is 0 Å². The average molecular weight is 269 g/mol. The summed E-state index contributed by atoms with van der Waals surface area (Å²) in [6, 6.07) is 9.15. The van der Waals surface area contributed by atoms with E-state index in [1.165, 1.54) is 30.5 Å². The molecule has 4 rings (SSSR count). The molecule has 1 saturated carbocycles. The number of para-hydroxylation sites is 1. The van der Waals surface area contributed by atoms with Gasteiger partial charge in [-0.25, -0.2) is 0 Å². The summed E-state index contributed by atoms with van der Waals surface area (Å²) >= 11 is 0. The molecule has 1 atom stereocenters. The van der Waals surface area contributed by atoms with Crippen molar-refractivity contribution in [2.24, 2.45) is 0 Å². The number of anilines is 1. The van der Waals surface area contributed by atoms with E-state index in [9.17, 15) is 0 Å². The second kappa shape index (κ2) is 4.62. The zero-order valence-electron chi connectivity index (χ0n) is 11.7. The van der Waals surface area contributed by atoms with Crippen LogP contribution >= 0.6 is 0 Å². The first kappa shape index (κ1) is 11.9. The summed E-state index contributed by atoms with van der Waals surface area (Å²) in [5.41, 5.74) is 2.74. The molecular weight excluding hydrogens is 250 g/mol. The lowest BCUT2D eigenvalue weighted by atomic mass is 9.97. The predicted molar refractivity (Wildman–Crippen MR) is 76.7 cm³/mol. The smallest absolute Gasteiger partial charge is 0.246 e. The monoisotopic (exact) mass is 269 g/mol. The molecule has 1 aliphatic carbocycles. The van der Waals surface area contributed by atoms with Crippen LogP contribution in [-0.2, 0) is 13.0 Å². The van der Waals surface area contributed by atoms with Gasteiger partial charge in [0.1, 0.15) is 0 Å². The summed E-state index contributed by atoms with van der Waals surface area (Å²) in [6.07, 6.45) is 4.76. The van der Waals surface area contributed by atoms with Crippen molar-refractivity contribution in [3.8, 4) is 0 Å². The Bertz CT molecular complexity index is 618. The second-order valence-electron chi connectivity index (χ2n) is 5.96. The van der Waals surface area contributed by atoms with E-state index < -0.39 is 0 Å². The summed E-state index contributed by atoms with van der Waals surface area (Å²) < 4.78 is 5.43. The van der Waals surface area contributed by atoms with E-state index in [2.05, 4.69) is 46.2 Å². The highest BCUT2D eigenvalue weighted by atomic mass is 16.5. The Morgan fingerprint density at radius 1 is 1.25 bits per heavy atom. The number of aryl methyl sites for hydroxylation is 1. The number of benzene rings is 1. The Labute approximate surface area is 118 Å². The molecule has 0 amide bonds. The Balaban J connectivity index is 1.60. The van der Waals surface area contributed by atoms with Gasteiger partial charge < -0.3 is 9.42 Å². The fourth-order valence-electron chi connectivity index (χ4n) is 2.99. The Kier molecular flexibility index (Phi) is 2.76. The minimum absolute atomic E-state index is 0.515. The summed E-state index contributed by atoms with van der Waals surface area (Å²) in [4.78, 5) is 6.95. The van der Waals surface area contributed by atoms with Crippen molar-refractivity contribution in [2.45, 2.75) is 51.1 Å². The first-order valence-electron chi connectivity index (χ1n) is 7.48. The first-order valence-corrected chi connectivity index (χ1v) is 7.48. The van der Waals surface area contributed by atoms with Crippen molar-refractivity contribution < 1.29 is 4.52 Å². The van der Waals surface area contributed by atoms with Crippen LogP contribution in [-0.4, -0.2) is 16.2 Å². The van der Waals surface area contributed by atoms with E-state index in [0.717, 1.165) is 24.7 Å². The molecule has 0 spiro atoms. The van der Waals surface area contributed by atoms with E-state index in [1.807, 2.05) is 0 Å². The van der Waals surface area contributed by atoms with Gasteiger partial charge >= 0.3 is 0 Å². The summed E-state index contributed by atoms with van der Waals surface area (Å²) in [6.45, 7) is 2.99. The van der Waals surface area contributed by atoms with Gasteiger partial charge in [-0.05, 0) is 44.2 Å². The molecule has 2 aromatic rings. The number of hydrogen-bond donors (Lipinski definition) is 0. The maximum absolute atomic E-state index is 5.43. The molecule has 1 aromatic heterocycles. The molecule has 4 nitrogen and oxygen atoms in total. The van der Waals surface area contributed by atoms with Gasteiger partial charge in [0.05, 0.1) is 6.54 Å². The van der Waals surface area contributed by atoms with Crippen molar-refractivity contribution in [1.29, 1.82) is 0 Å². The molecule has 20 heavy (non-hydrogen) atoms. The zero-order chi connectivity index (χ0) is 13.5. The Hall–Kier alpha value is -1.84. The van der Waals surface area contributed by atoms with E-state index in [-0.39, 0.29) is 0 Å². The van der Waals surface area contributed by atoms with Crippen LogP contribution in [0.3, 0.4) is 0 Å². The average Bonchev–Trinajstić information content (AvgIpc) is 3.22. The van der Waals surface area contributed by atoms with Crippen molar-refractivity contribution in [2.75, 3.05) is 4.90 Å². The topological polar surface area (TPSA) is 42.2 Å². The van der Waals surface area contributed by atoms with Crippen LogP contribution in [0.25, 0.3) is 0 Å². The van der Waals surface area contributed by atoms with Crippen molar-refractivity contribution in [1.82, 2.24) is 10.1 Å². The summed E-state index contributed by atoms with van der Waals surface area (Å²) in [5.74, 6) is 2.20. The van der Waals surface area contributed by atoms with Gasteiger partial charge in [0, 0.05) is 17.6 Å². The lowest BCUT2D eigenvalue weighted by molar-refractivity contribution is 0.364. The molecule has 0 saturated heterocycles. The van der Waals surface area contributed by atoms with Crippen molar-refractivity contribution in [3.05, 3.63) is 41.5 Å². The normalized spacial score (nSPS) is 21.9. The van der Waals surface area contributed by atoms with Crippen LogP contribution in [0.1, 0.15) is 49.4 Å². The molecule has 0 bridgehead atoms. The third-order valence-corrected chi connectivity index (χ3v) is 4.40. The van der Waals surface area contributed by atoms with Gasteiger partial charge in [-0.3, -0.25) is 0 Å². The lowest BCUT2D eigenvalue weighted by Gasteiger charge is -2.36. The number of hydrogen-bond acceptors (Lipinski definition) is 4. The molecular formula is C16H19N3O. The number of rotatable bonds is 3. The molecule has 4 heteroatoms. The maximum Gasteiger partial charge on any atom is 0.246 e. The second-order valence-corrected chi connectivity index (χ2v) is 5.96. The highest BCUT2D eigenvalue weighted by Crippen LogP contribution is 2.38. The number of fused-ring (bicyclic) bond motifs is 1. The third-order valence-electron chi connectivity index (χ3n) is 4.40. The van der Waals surface area contributed by atoms with Gasteiger partial charge in [-0.2, -0.15) is 4.98 Å². The summed E-state index contributed by atoms with van der Waals surface area (Å²) in [5, 5.41) is 4.11. The minimum atomic E-state index is 0.515. The fourth-order valence-corrected chi connectivity index (χ4v) is 2.99. The van der Waals surface area contributed by atoms with Crippen LogP contribution < -0.4 is 4.90 Å². The fraction of sp³-hybridized carbons (Fsp3) is 0.500. The lowest BCUT2D eigenvalue weighted by Crippen LogP contribution is -2.36. The van der Waals surface area contributed by atoms with E-state index in [4.69, 9.17) is 4.52 Å². The molecule has 1 unspecified atom stereocenters. The number of aromatic nitrogens is 2. The highest BCUT2D eigenvalue weighted by molar-refractivity contribution is 5.56. The van der Waals surface area contributed by atoms with Gasteiger partial charge in [0.2, 0.25) is 5.89 Å². The maximum atomic E-state index is 5.43. The van der Waals surface area contributed by atoms with Crippen LogP contribution in [0.2, 0.25) is 0 Å². The van der Waals surface area contributed by atoms with Crippen LogP contribution in [0, 0.1) is 0 Å². The van der Waals surface area contributed by atoms with E-state index in [0.29, 0.717) is 12.0 Å². The predicted octanol–water partition coefficient (Wildman–Crippen LogP) is 3.29. The standard InChI is InChI=1S/C16H19N3O/c1-11-6-7-12-4-2-3-5-14(12)19(11)10-15-17-16(18-20-15)13-8-9-13/h2-5,11,13H,6-10H2,1H3. The van der Waals surface area contributed by atoms with Crippen LogP contribution in [0.15, 0.2) is 28.8 Å². The molecule has 0 N–H and O–H groups in total. The molecule has 1 aliphatic heterocycles. The highest BCUT2D eigenvalue weighted by Gasteiger charge is 2.30. The van der Waals surface area contributed by atoms with Crippen molar-refractivity contribution in [3.63, 3.8) is 0 Å². The van der Waals surface area contributed by atoms with E-state index >= 15 is 0 Å². The molecule has 1 aromatic carbocycles. The largest absolute Gasteiger partial charge is 0.359 e. The minimum Gasteiger partial charge on any atom is -0.359 e. The quantitative estimate of drug-likeness (QED) is 0.857. The molecule has 2 heterocycles. The Morgan fingerprint density at radius 3 is 2.95 bits per heavy atom. The SMILES string of the molecule is CC1CCc2ccccc2N1Cc1nc(C2CC2)no1. The number of nitrogens with zero attached hydrogens (tertiary/aromatic N) is 3. The molecule has 1 fully saturated rings. The summed E-state index contributed by atoms with van der Waals surface area (Å²) in [7, 11) is 0. The zero-order valence-corrected chi connectivity index (χ0v) is 11.7. The van der Waals surface area contributed by atoms with Crippen LogP contribution in [0.4, 0.5) is 5.69 Å². The molecule has 104 valence electrons. The van der Waals surface area contributed by atoms with Gasteiger partial charge in [-0.1, -0.05) is 23.4 Å². The molecule has 2 aliphatic rings. The van der Waals surface area contributed by atoms with Gasteiger partial charge in [-0.15, -0.1) is 0 Å². The third kappa shape index (κ3) is 2.09. The molecule has 0 radical (unpaired) electrons.